The van der Waals surface area contributed by atoms with Crippen molar-refractivity contribution >= 4 is 40.2 Å². The average Bonchev–Trinajstić information content (AvgIpc) is 2.94. The van der Waals surface area contributed by atoms with Crippen LogP contribution in [-0.4, -0.2) is 44.1 Å². The van der Waals surface area contributed by atoms with Crippen molar-refractivity contribution < 1.29 is 19.4 Å². The molecule has 0 fully saturated rings. The number of carbonyl (C=O) groups is 1. The van der Waals surface area contributed by atoms with Crippen molar-refractivity contribution in [2.75, 3.05) is 5.75 Å². The predicted octanol–water partition coefficient (Wildman–Crippen LogP) is 1.71. The molecule has 3 rings (SSSR count). The van der Waals surface area contributed by atoms with Crippen molar-refractivity contribution in [3.8, 4) is 0 Å². The van der Waals surface area contributed by atoms with Crippen LogP contribution in [0.3, 0.4) is 0 Å². The fourth-order valence-corrected chi connectivity index (χ4v) is 4.26. The molecule has 20 heavy (non-hydrogen) atoms. The number of nitrogens with zero attached hydrogens (tertiary/aromatic N) is 2. The Labute approximate surface area is 122 Å². The van der Waals surface area contributed by atoms with Crippen LogP contribution in [0.25, 0.3) is 6.08 Å². The van der Waals surface area contributed by atoms with E-state index in [4.69, 9.17) is 5.11 Å². The minimum absolute atomic E-state index is 0.00913. The van der Waals surface area contributed by atoms with Crippen LogP contribution in [-0.2, 0) is 11.2 Å². The highest BCUT2D eigenvalue weighted by molar-refractivity contribution is 8.15. The zero-order chi connectivity index (χ0) is 14.3. The lowest BCUT2D eigenvalue weighted by molar-refractivity contribution is -0.137. The number of carboxylic acid groups (broad SMARTS) is 1. The highest BCUT2D eigenvalue weighted by Gasteiger charge is 2.28. The Bertz CT molecular complexity index is 626. The molecule has 1 aliphatic heterocycles. The Hall–Kier alpha value is -1.25. The Morgan fingerprint density at radius 2 is 2.25 bits per heavy atom. The van der Waals surface area contributed by atoms with Gasteiger partial charge in [-0.3, -0.25) is 4.99 Å². The van der Waals surface area contributed by atoms with Gasteiger partial charge in [0.1, 0.15) is 15.9 Å². The summed E-state index contributed by atoms with van der Waals surface area (Å²) in [6.07, 6.45) is 0.957. The van der Waals surface area contributed by atoms with E-state index in [1.54, 1.807) is 0 Å². The Morgan fingerprint density at radius 1 is 1.45 bits per heavy atom. The molecule has 1 aliphatic carbocycles. The highest BCUT2D eigenvalue weighted by Crippen LogP contribution is 2.32. The van der Waals surface area contributed by atoms with Crippen LogP contribution >= 0.6 is 23.1 Å². The fourth-order valence-electron chi connectivity index (χ4n) is 2.05. The topological polar surface area (TPSA) is 82.8 Å². The Balaban J connectivity index is 1.93. The van der Waals surface area contributed by atoms with Gasteiger partial charge in [-0.2, -0.15) is 0 Å². The number of hydrogen-bond donors (Lipinski definition) is 2. The number of rotatable bonds is 2. The normalized spacial score (nSPS) is 25.7. The number of hydrogen-bond acceptors (Lipinski definition) is 6. The van der Waals surface area contributed by atoms with Gasteiger partial charge in [0.05, 0.1) is 11.8 Å². The van der Waals surface area contributed by atoms with Crippen molar-refractivity contribution in [2.24, 2.45) is 4.99 Å². The lowest BCUT2D eigenvalue weighted by Gasteiger charge is -2.03. The lowest BCUT2D eigenvalue weighted by atomic mass is 10.2. The Kier molecular flexibility index (Phi) is 3.61. The molecule has 1 aromatic heterocycles. The van der Waals surface area contributed by atoms with E-state index in [0.29, 0.717) is 27.9 Å². The maximum atomic E-state index is 13.5. The molecular weight excluding hydrogens is 303 g/mol. The van der Waals surface area contributed by atoms with E-state index in [-0.39, 0.29) is 6.42 Å². The molecule has 0 spiro atoms. The summed E-state index contributed by atoms with van der Waals surface area (Å²) in [6, 6.07) is -0.739. The number of aliphatic hydroxyl groups is 1. The third-order valence-electron chi connectivity index (χ3n) is 2.99. The van der Waals surface area contributed by atoms with Gasteiger partial charge in [-0.15, -0.1) is 23.1 Å². The number of halogens is 1. The SMILES string of the molecule is O=C(O)C1CSC(c2nc3c(s2)CC(O)CC(F)=C3)=N1. The number of aliphatic hydroxyl groups excluding tert-OH is 1. The molecule has 0 bridgehead atoms. The van der Waals surface area contributed by atoms with Gasteiger partial charge in [0, 0.05) is 23.5 Å². The van der Waals surface area contributed by atoms with E-state index in [1.165, 1.54) is 29.2 Å². The summed E-state index contributed by atoms with van der Waals surface area (Å²) in [7, 11) is 0. The molecule has 2 heterocycles. The van der Waals surface area contributed by atoms with E-state index in [9.17, 15) is 14.3 Å². The van der Waals surface area contributed by atoms with Crippen LogP contribution in [0, 0.1) is 0 Å². The molecule has 5 nitrogen and oxygen atoms in total. The summed E-state index contributed by atoms with van der Waals surface area (Å²) >= 11 is 2.68. The van der Waals surface area contributed by atoms with Gasteiger partial charge in [-0.05, 0) is 6.08 Å². The van der Waals surface area contributed by atoms with Gasteiger partial charge >= 0.3 is 5.97 Å². The monoisotopic (exact) mass is 314 g/mol. The van der Waals surface area contributed by atoms with Gasteiger partial charge in [0.2, 0.25) is 0 Å². The highest BCUT2D eigenvalue weighted by atomic mass is 32.2. The summed E-state index contributed by atoms with van der Waals surface area (Å²) in [5.74, 6) is -0.952. The van der Waals surface area contributed by atoms with Crippen molar-refractivity contribution in [1.82, 2.24) is 4.98 Å². The maximum absolute atomic E-state index is 13.5. The van der Waals surface area contributed by atoms with Gasteiger partial charge in [0.15, 0.2) is 6.04 Å². The second-order valence-corrected chi connectivity index (χ2v) is 6.67. The summed E-state index contributed by atoms with van der Waals surface area (Å²) in [6.45, 7) is 0. The van der Waals surface area contributed by atoms with Crippen LogP contribution < -0.4 is 0 Å². The van der Waals surface area contributed by atoms with Crippen LogP contribution in [0.5, 0.6) is 0 Å². The number of fused-ring (bicyclic) bond motifs is 1. The zero-order valence-corrected chi connectivity index (χ0v) is 11.9. The summed E-state index contributed by atoms with van der Waals surface area (Å²) < 4.78 is 13.5. The Morgan fingerprint density at radius 3 is 2.95 bits per heavy atom. The summed E-state index contributed by atoms with van der Waals surface area (Å²) in [4.78, 5) is 20.1. The number of thioether (sulfide) groups is 1. The number of aliphatic imine (C=N–C) groups is 1. The first-order chi connectivity index (χ1) is 9.52. The number of thiazole rings is 1. The van der Waals surface area contributed by atoms with E-state index >= 15 is 0 Å². The lowest BCUT2D eigenvalue weighted by Crippen LogP contribution is -2.17. The van der Waals surface area contributed by atoms with Crippen molar-refractivity contribution in [2.45, 2.75) is 25.0 Å². The van der Waals surface area contributed by atoms with Crippen LogP contribution in [0.2, 0.25) is 0 Å². The van der Waals surface area contributed by atoms with Crippen LogP contribution in [0.15, 0.2) is 10.8 Å². The molecule has 8 heteroatoms. The number of carboxylic acids is 1. The maximum Gasteiger partial charge on any atom is 0.329 e. The molecule has 0 saturated heterocycles. The van der Waals surface area contributed by atoms with E-state index < -0.39 is 23.9 Å². The molecular formula is C12H11FN2O3S2. The van der Waals surface area contributed by atoms with Gasteiger partial charge in [-0.1, -0.05) is 0 Å². The quantitative estimate of drug-likeness (QED) is 0.868. The largest absolute Gasteiger partial charge is 0.480 e. The first-order valence-electron chi connectivity index (χ1n) is 6.00. The first kappa shape index (κ1) is 13.7. The molecule has 106 valence electrons. The van der Waals surface area contributed by atoms with Gasteiger partial charge in [-0.25, -0.2) is 14.2 Å². The van der Waals surface area contributed by atoms with Gasteiger partial charge < -0.3 is 10.2 Å². The smallest absolute Gasteiger partial charge is 0.329 e. The average molecular weight is 314 g/mol. The molecule has 0 radical (unpaired) electrons. The molecule has 2 aliphatic rings. The number of aliphatic carboxylic acids is 1. The minimum Gasteiger partial charge on any atom is -0.480 e. The molecule has 2 atom stereocenters. The predicted molar refractivity (Wildman–Crippen MR) is 75.9 cm³/mol. The third kappa shape index (κ3) is 2.63. The van der Waals surface area contributed by atoms with Crippen molar-refractivity contribution in [1.29, 1.82) is 0 Å². The van der Waals surface area contributed by atoms with Crippen molar-refractivity contribution in [3.05, 3.63) is 21.4 Å². The second-order valence-electron chi connectivity index (χ2n) is 4.58. The molecule has 0 saturated carbocycles. The van der Waals surface area contributed by atoms with Crippen LogP contribution in [0.4, 0.5) is 4.39 Å². The molecule has 2 N–H and O–H groups in total. The van der Waals surface area contributed by atoms with E-state index in [0.717, 1.165) is 4.88 Å². The second kappa shape index (κ2) is 5.27. The molecule has 1 aromatic rings. The summed E-state index contributed by atoms with van der Waals surface area (Å²) in [5.41, 5.74) is 0.515. The fraction of sp³-hybridized carbons (Fsp3) is 0.417. The molecule has 2 unspecified atom stereocenters. The van der Waals surface area contributed by atoms with E-state index in [1.807, 2.05) is 0 Å². The molecule has 0 aromatic carbocycles. The van der Waals surface area contributed by atoms with Crippen molar-refractivity contribution in [3.63, 3.8) is 0 Å². The standard InChI is InChI=1S/C12H11FN2O3S2/c13-5-1-6(16)3-9-7(2-5)14-11(20-9)10-15-8(4-19-10)12(17)18/h2,6,8,16H,1,3-4H2,(H,17,18). The first-order valence-corrected chi connectivity index (χ1v) is 7.80. The minimum atomic E-state index is -0.952. The van der Waals surface area contributed by atoms with E-state index in [2.05, 4.69) is 9.98 Å². The molecule has 0 amide bonds. The summed E-state index contributed by atoms with van der Waals surface area (Å²) in [5, 5.41) is 19.8. The zero-order valence-electron chi connectivity index (χ0n) is 10.2. The van der Waals surface area contributed by atoms with Gasteiger partial charge in [0.25, 0.3) is 0 Å². The van der Waals surface area contributed by atoms with Crippen LogP contribution in [0.1, 0.15) is 22.0 Å². The number of aromatic nitrogens is 1. The third-order valence-corrected chi connectivity index (χ3v) is 5.28.